The van der Waals surface area contributed by atoms with Crippen LogP contribution < -0.4 is 0 Å². The SMILES string of the molecule is O=C1CCc2c3c4c(cccc4c4ccc(O)c1c24)[C@H](O)CC3. The molecule has 0 amide bonds. The molecule has 0 unspecified atom stereocenters. The van der Waals surface area contributed by atoms with Crippen LogP contribution in [0.5, 0.6) is 5.75 Å². The molecule has 3 aromatic carbocycles. The lowest BCUT2D eigenvalue weighted by Crippen LogP contribution is -2.16. The van der Waals surface area contributed by atoms with Gasteiger partial charge in [0.15, 0.2) is 5.78 Å². The van der Waals surface area contributed by atoms with Gasteiger partial charge in [0.1, 0.15) is 5.75 Å². The lowest BCUT2D eigenvalue weighted by molar-refractivity contribution is 0.0979. The number of carbonyl (C=O) groups excluding carboxylic acids is 1. The molecule has 0 bridgehead atoms. The van der Waals surface area contributed by atoms with E-state index in [1.165, 1.54) is 11.1 Å². The van der Waals surface area contributed by atoms with Crippen molar-refractivity contribution >= 4 is 27.3 Å². The number of Topliss-reactive ketones (excluding diaryl/α,β-unsaturated/α-hetero) is 1. The van der Waals surface area contributed by atoms with Gasteiger partial charge in [0.2, 0.25) is 0 Å². The van der Waals surface area contributed by atoms with Crippen molar-refractivity contribution < 1.29 is 15.0 Å². The summed E-state index contributed by atoms with van der Waals surface area (Å²) in [7, 11) is 0. The van der Waals surface area contributed by atoms with Crippen LogP contribution >= 0.6 is 0 Å². The minimum absolute atomic E-state index is 0.0270. The number of aliphatic hydroxyl groups excluding tert-OH is 1. The van der Waals surface area contributed by atoms with E-state index >= 15 is 0 Å². The molecular formula is C20H16O3. The number of fused-ring (bicyclic) bond motifs is 2. The van der Waals surface area contributed by atoms with E-state index in [2.05, 4.69) is 6.07 Å². The number of aromatic hydroxyl groups is 1. The minimum atomic E-state index is -0.419. The Bertz CT molecular complexity index is 1020. The second-order valence-corrected chi connectivity index (χ2v) is 6.59. The number of phenolic OH excluding ortho intramolecular Hbond substituents is 1. The van der Waals surface area contributed by atoms with Gasteiger partial charge in [0.25, 0.3) is 0 Å². The summed E-state index contributed by atoms with van der Waals surface area (Å²) < 4.78 is 0. The minimum Gasteiger partial charge on any atom is -0.507 e. The molecular weight excluding hydrogens is 288 g/mol. The molecule has 2 N–H and O–H groups in total. The van der Waals surface area contributed by atoms with Crippen molar-refractivity contribution in [3.05, 3.63) is 52.6 Å². The molecule has 3 heteroatoms. The third-order valence-electron chi connectivity index (χ3n) is 5.45. The standard InChI is InChI=1S/C20H16O3/c21-15-7-4-11-13-6-9-17(23)20-16(22)8-5-12(19(13)20)10-2-1-3-14(15)18(10)11/h1-3,5,8,15,21-22H,4,6-7,9H2/t15-/m1/s1. The summed E-state index contributed by atoms with van der Waals surface area (Å²) >= 11 is 0. The molecule has 0 spiro atoms. The molecule has 0 heterocycles. The van der Waals surface area contributed by atoms with Gasteiger partial charge in [0.05, 0.1) is 11.7 Å². The highest BCUT2D eigenvalue weighted by Gasteiger charge is 2.30. The molecule has 23 heavy (non-hydrogen) atoms. The summed E-state index contributed by atoms with van der Waals surface area (Å²) in [6.07, 6.45) is 2.29. The Hall–Kier alpha value is -2.39. The maximum absolute atomic E-state index is 12.4. The molecule has 0 radical (unpaired) electrons. The molecule has 3 aromatic rings. The number of benzene rings is 3. The number of phenols is 1. The first-order chi connectivity index (χ1) is 11.2. The Morgan fingerprint density at radius 3 is 2.57 bits per heavy atom. The summed E-state index contributed by atoms with van der Waals surface area (Å²) in [6.45, 7) is 0. The normalized spacial score (nSPS) is 19.5. The predicted molar refractivity (Wildman–Crippen MR) is 89.1 cm³/mol. The van der Waals surface area contributed by atoms with E-state index in [4.69, 9.17) is 0 Å². The second-order valence-electron chi connectivity index (χ2n) is 6.59. The largest absolute Gasteiger partial charge is 0.507 e. The third-order valence-corrected chi connectivity index (χ3v) is 5.45. The lowest BCUT2D eigenvalue weighted by atomic mass is 9.76. The van der Waals surface area contributed by atoms with Crippen molar-refractivity contribution in [1.82, 2.24) is 0 Å². The fourth-order valence-electron chi connectivity index (χ4n) is 4.47. The monoisotopic (exact) mass is 304 g/mol. The van der Waals surface area contributed by atoms with Crippen LogP contribution in [-0.2, 0) is 12.8 Å². The van der Waals surface area contributed by atoms with E-state index in [1.54, 1.807) is 6.07 Å². The van der Waals surface area contributed by atoms with Gasteiger partial charge in [-0.3, -0.25) is 4.79 Å². The summed E-state index contributed by atoms with van der Waals surface area (Å²) in [6, 6.07) is 9.55. The van der Waals surface area contributed by atoms with Gasteiger partial charge in [-0.15, -0.1) is 0 Å². The second kappa shape index (κ2) is 4.33. The average Bonchev–Trinajstić information content (AvgIpc) is 2.56. The number of hydrogen-bond acceptors (Lipinski definition) is 3. The molecule has 5 rings (SSSR count). The maximum atomic E-state index is 12.4. The molecule has 0 fully saturated rings. The highest BCUT2D eigenvalue weighted by atomic mass is 16.3. The summed E-state index contributed by atoms with van der Waals surface area (Å²) in [5.74, 6) is 0.112. The molecule has 0 saturated carbocycles. The first-order valence-electron chi connectivity index (χ1n) is 8.10. The van der Waals surface area contributed by atoms with E-state index in [0.717, 1.165) is 39.9 Å². The van der Waals surface area contributed by atoms with Crippen LogP contribution in [0.4, 0.5) is 0 Å². The Morgan fingerprint density at radius 1 is 0.913 bits per heavy atom. The Labute approximate surface area is 133 Å². The topological polar surface area (TPSA) is 57.5 Å². The van der Waals surface area contributed by atoms with Gasteiger partial charge in [-0.1, -0.05) is 24.3 Å². The van der Waals surface area contributed by atoms with Crippen molar-refractivity contribution in [3.8, 4) is 5.75 Å². The van der Waals surface area contributed by atoms with Crippen LogP contribution in [0.1, 0.15) is 46.0 Å². The fraction of sp³-hybridized carbons (Fsp3) is 0.250. The van der Waals surface area contributed by atoms with Crippen molar-refractivity contribution in [2.45, 2.75) is 31.8 Å². The van der Waals surface area contributed by atoms with E-state index in [-0.39, 0.29) is 11.5 Å². The number of hydrogen-bond donors (Lipinski definition) is 2. The molecule has 0 saturated heterocycles. The number of aryl methyl sites for hydroxylation is 2. The van der Waals surface area contributed by atoms with Gasteiger partial charge in [-0.25, -0.2) is 0 Å². The smallest absolute Gasteiger partial charge is 0.167 e. The van der Waals surface area contributed by atoms with Crippen molar-refractivity contribution in [2.24, 2.45) is 0 Å². The Kier molecular flexibility index (Phi) is 2.46. The Morgan fingerprint density at radius 2 is 1.70 bits per heavy atom. The van der Waals surface area contributed by atoms with E-state index in [9.17, 15) is 15.0 Å². The van der Waals surface area contributed by atoms with Crippen LogP contribution in [0.3, 0.4) is 0 Å². The molecule has 2 aliphatic rings. The summed E-state index contributed by atoms with van der Waals surface area (Å²) in [5, 5.41) is 24.8. The van der Waals surface area contributed by atoms with Crippen LogP contribution in [-0.4, -0.2) is 16.0 Å². The van der Waals surface area contributed by atoms with Crippen LogP contribution in [0.2, 0.25) is 0 Å². The zero-order chi connectivity index (χ0) is 15.7. The van der Waals surface area contributed by atoms with Gasteiger partial charge in [-0.2, -0.15) is 0 Å². The Balaban J connectivity index is 2.10. The van der Waals surface area contributed by atoms with Gasteiger partial charge in [0, 0.05) is 11.8 Å². The highest BCUT2D eigenvalue weighted by Crippen LogP contribution is 2.46. The number of rotatable bonds is 0. The fourth-order valence-corrected chi connectivity index (χ4v) is 4.47. The highest BCUT2D eigenvalue weighted by molar-refractivity contribution is 6.21. The van der Waals surface area contributed by atoms with Crippen LogP contribution in [0, 0.1) is 0 Å². The van der Waals surface area contributed by atoms with E-state index in [0.29, 0.717) is 18.4 Å². The number of carbonyl (C=O) groups is 1. The van der Waals surface area contributed by atoms with Crippen molar-refractivity contribution in [1.29, 1.82) is 0 Å². The third kappa shape index (κ3) is 1.55. The number of aliphatic hydroxyl groups is 1. The molecule has 3 nitrogen and oxygen atoms in total. The summed E-state index contributed by atoms with van der Waals surface area (Å²) in [4.78, 5) is 12.4. The summed E-state index contributed by atoms with van der Waals surface area (Å²) in [5.41, 5.74) is 3.93. The first-order valence-corrected chi connectivity index (χ1v) is 8.10. The van der Waals surface area contributed by atoms with Gasteiger partial charge in [-0.05, 0) is 58.2 Å². The lowest BCUT2D eigenvalue weighted by Gasteiger charge is -2.28. The van der Waals surface area contributed by atoms with E-state index < -0.39 is 6.10 Å². The van der Waals surface area contributed by atoms with Crippen molar-refractivity contribution in [3.63, 3.8) is 0 Å². The first kappa shape index (κ1) is 13.1. The van der Waals surface area contributed by atoms with Gasteiger partial charge < -0.3 is 10.2 Å². The molecule has 1 atom stereocenters. The zero-order valence-corrected chi connectivity index (χ0v) is 12.6. The molecule has 2 aliphatic carbocycles. The molecule has 0 aliphatic heterocycles. The van der Waals surface area contributed by atoms with Crippen LogP contribution in [0.15, 0.2) is 30.3 Å². The predicted octanol–water partition coefficient (Wildman–Crippen LogP) is 3.81. The zero-order valence-electron chi connectivity index (χ0n) is 12.6. The maximum Gasteiger partial charge on any atom is 0.167 e. The average molecular weight is 304 g/mol. The molecule has 114 valence electrons. The molecule has 0 aromatic heterocycles. The van der Waals surface area contributed by atoms with Crippen molar-refractivity contribution in [2.75, 3.05) is 0 Å². The number of ketones is 1. The van der Waals surface area contributed by atoms with Crippen LogP contribution in [0.25, 0.3) is 21.5 Å². The van der Waals surface area contributed by atoms with E-state index in [1.807, 2.05) is 18.2 Å². The van der Waals surface area contributed by atoms with Gasteiger partial charge >= 0.3 is 0 Å². The quantitative estimate of drug-likeness (QED) is 0.621.